The summed E-state index contributed by atoms with van der Waals surface area (Å²) in [6.45, 7) is 0.446. The van der Waals surface area contributed by atoms with E-state index in [0.717, 1.165) is 5.56 Å². The van der Waals surface area contributed by atoms with E-state index in [1.165, 1.54) is 12.1 Å². The van der Waals surface area contributed by atoms with E-state index in [-0.39, 0.29) is 5.82 Å². The smallest absolute Gasteiger partial charge is 0.250 e. The lowest BCUT2D eigenvalue weighted by atomic mass is 10.1. The molecule has 0 aliphatic carbocycles. The van der Waals surface area contributed by atoms with Crippen molar-refractivity contribution in [3.05, 3.63) is 59.4 Å². The maximum Gasteiger partial charge on any atom is 0.250 e. The van der Waals surface area contributed by atoms with E-state index in [2.05, 4.69) is 0 Å². The Labute approximate surface area is 116 Å². The van der Waals surface area contributed by atoms with E-state index in [1.807, 2.05) is 11.0 Å². The molecule has 0 saturated heterocycles. The Morgan fingerprint density at radius 1 is 1.25 bits per heavy atom. The molecule has 0 saturated carbocycles. The molecule has 0 spiro atoms. The van der Waals surface area contributed by atoms with E-state index in [4.69, 9.17) is 11.5 Å². The number of benzene rings is 2. The van der Waals surface area contributed by atoms with Crippen LogP contribution in [-0.2, 0) is 6.54 Å². The summed E-state index contributed by atoms with van der Waals surface area (Å²) in [5.74, 6) is -0.815. The molecule has 0 heterocycles. The van der Waals surface area contributed by atoms with Crippen LogP contribution in [0, 0.1) is 5.82 Å². The Balaban J connectivity index is 2.31. The summed E-state index contributed by atoms with van der Waals surface area (Å²) < 4.78 is 13.2. The van der Waals surface area contributed by atoms with Crippen LogP contribution >= 0.6 is 0 Å². The predicted molar refractivity (Wildman–Crippen MR) is 77.9 cm³/mol. The Morgan fingerprint density at radius 2 is 2.00 bits per heavy atom. The van der Waals surface area contributed by atoms with Gasteiger partial charge in [0.1, 0.15) is 5.82 Å². The van der Waals surface area contributed by atoms with Gasteiger partial charge in [-0.05, 0) is 35.9 Å². The van der Waals surface area contributed by atoms with Crippen LogP contribution in [0.1, 0.15) is 15.9 Å². The quantitative estimate of drug-likeness (QED) is 0.838. The van der Waals surface area contributed by atoms with Crippen molar-refractivity contribution in [1.29, 1.82) is 0 Å². The average molecular weight is 273 g/mol. The molecule has 5 heteroatoms. The number of anilines is 2. The number of carbonyl (C=O) groups excluding carboxylic acids is 1. The van der Waals surface area contributed by atoms with Crippen molar-refractivity contribution in [3.8, 4) is 0 Å². The number of carbonyl (C=O) groups is 1. The molecule has 4 nitrogen and oxygen atoms in total. The Morgan fingerprint density at radius 3 is 2.65 bits per heavy atom. The van der Waals surface area contributed by atoms with Gasteiger partial charge in [-0.3, -0.25) is 4.79 Å². The molecule has 2 aromatic carbocycles. The largest absolute Gasteiger partial charge is 0.399 e. The van der Waals surface area contributed by atoms with Gasteiger partial charge < -0.3 is 16.4 Å². The van der Waals surface area contributed by atoms with Crippen molar-refractivity contribution in [2.45, 2.75) is 6.54 Å². The summed E-state index contributed by atoms with van der Waals surface area (Å²) in [6, 6.07) is 11.2. The van der Waals surface area contributed by atoms with Gasteiger partial charge in [-0.15, -0.1) is 0 Å². The maximum atomic E-state index is 13.2. The molecular formula is C15H16FN3O. The second-order valence-electron chi connectivity index (χ2n) is 4.63. The first-order valence-electron chi connectivity index (χ1n) is 6.12. The van der Waals surface area contributed by atoms with Crippen molar-refractivity contribution in [1.82, 2.24) is 0 Å². The summed E-state index contributed by atoms with van der Waals surface area (Å²) in [6.07, 6.45) is 0. The maximum absolute atomic E-state index is 13.2. The monoisotopic (exact) mass is 273 g/mol. The van der Waals surface area contributed by atoms with Crippen LogP contribution < -0.4 is 16.4 Å². The van der Waals surface area contributed by atoms with E-state index < -0.39 is 5.91 Å². The van der Waals surface area contributed by atoms with E-state index in [9.17, 15) is 9.18 Å². The summed E-state index contributed by atoms with van der Waals surface area (Å²) >= 11 is 0. The summed E-state index contributed by atoms with van der Waals surface area (Å²) in [4.78, 5) is 13.2. The number of rotatable bonds is 4. The third-order valence-electron chi connectivity index (χ3n) is 3.01. The van der Waals surface area contributed by atoms with Gasteiger partial charge in [-0.25, -0.2) is 4.39 Å². The highest BCUT2D eigenvalue weighted by molar-refractivity contribution is 5.99. The van der Waals surface area contributed by atoms with Crippen molar-refractivity contribution < 1.29 is 9.18 Å². The van der Waals surface area contributed by atoms with Crippen molar-refractivity contribution in [2.75, 3.05) is 17.7 Å². The van der Waals surface area contributed by atoms with Gasteiger partial charge >= 0.3 is 0 Å². The Bertz CT molecular complexity index is 643. The molecule has 0 unspecified atom stereocenters. The number of nitrogens with two attached hydrogens (primary N) is 2. The molecule has 0 fully saturated rings. The number of hydrogen-bond donors (Lipinski definition) is 2. The van der Waals surface area contributed by atoms with Crippen molar-refractivity contribution in [2.24, 2.45) is 5.73 Å². The van der Waals surface area contributed by atoms with Gasteiger partial charge in [0.15, 0.2) is 0 Å². The highest BCUT2D eigenvalue weighted by Gasteiger charge is 2.12. The highest BCUT2D eigenvalue weighted by Crippen LogP contribution is 2.24. The number of nitrogen functional groups attached to an aromatic ring is 1. The van der Waals surface area contributed by atoms with Crippen molar-refractivity contribution in [3.63, 3.8) is 0 Å². The van der Waals surface area contributed by atoms with Crippen molar-refractivity contribution >= 4 is 17.3 Å². The molecule has 0 aromatic heterocycles. The van der Waals surface area contributed by atoms with E-state index >= 15 is 0 Å². The van der Waals surface area contributed by atoms with Gasteiger partial charge in [-0.1, -0.05) is 12.1 Å². The lowest BCUT2D eigenvalue weighted by Gasteiger charge is -2.22. The first-order chi connectivity index (χ1) is 9.47. The van der Waals surface area contributed by atoms with Crippen LogP contribution in [0.15, 0.2) is 42.5 Å². The first kappa shape index (κ1) is 13.9. The van der Waals surface area contributed by atoms with Crippen LogP contribution in [0.2, 0.25) is 0 Å². The zero-order chi connectivity index (χ0) is 14.7. The molecule has 2 aromatic rings. The summed E-state index contributed by atoms with van der Waals surface area (Å²) in [7, 11) is 1.80. The van der Waals surface area contributed by atoms with Gasteiger partial charge in [0.25, 0.3) is 5.91 Å². The van der Waals surface area contributed by atoms with Gasteiger partial charge in [0.05, 0.1) is 11.3 Å². The third-order valence-corrected chi connectivity index (χ3v) is 3.01. The first-order valence-corrected chi connectivity index (χ1v) is 6.12. The number of primary amides is 1. The minimum Gasteiger partial charge on any atom is -0.399 e. The molecular weight excluding hydrogens is 257 g/mol. The molecule has 0 aliphatic heterocycles. The molecule has 0 aliphatic rings. The van der Waals surface area contributed by atoms with Gasteiger partial charge in [-0.2, -0.15) is 0 Å². The lowest BCUT2D eigenvalue weighted by Crippen LogP contribution is -2.22. The topological polar surface area (TPSA) is 72.3 Å². The molecule has 2 rings (SSSR count). The Hall–Kier alpha value is -2.56. The standard InChI is InChI=1S/C15H16FN3O/c1-19(9-10-3-2-4-11(16)7-10)14-8-12(17)5-6-13(14)15(18)20/h2-8H,9,17H2,1H3,(H2,18,20). The molecule has 1 amide bonds. The van der Waals surface area contributed by atoms with Crippen LogP contribution in [0.3, 0.4) is 0 Å². The SMILES string of the molecule is CN(Cc1cccc(F)c1)c1cc(N)ccc1C(N)=O. The van der Waals surface area contributed by atoms with Crippen LogP contribution in [0.4, 0.5) is 15.8 Å². The molecule has 104 valence electrons. The van der Waals surface area contributed by atoms with Crippen LogP contribution in [0.5, 0.6) is 0 Å². The van der Waals surface area contributed by atoms with Gasteiger partial charge in [0, 0.05) is 19.3 Å². The van der Waals surface area contributed by atoms with Crippen LogP contribution in [0.25, 0.3) is 0 Å². The normalized spacial score (nSPS) is 10.3. The van der Waals surface area contributed by atoms with E-state index in [0.29, 0.717) is 23.5 Å². The number of halogens is 1. The molecule has 4 N–H and O–H groups in total. The van der Waals surface area contributed by atoms with E-state index in [1.54, 1.807) is 31.3 Å². The fourth-order valence-corrected chi connectivity index (χ4v) is 2.07. The average Bonchev–Trinajstić information content (AvgIpc) is 2.38. The molecule has 0 atom stereocenters. The minimum absolute atomic E-state index is 0.293. The predicted octanol–water partition coefficient (Wildman–Crippen LogP) is 2.14. The number of nitrogens with zero attached hydrogens (tertiary/aromatic N) is 1. The third kappa shape index (κ3) is 3.06. The lowest BCUT2D eigenvalue weighted by molar-refractivity contribution is 0.100. The number of hydrogen-bond acceptors (Lipinski definition) is 3. The molecule has 0 bridgehead atoms. The second-order valence-corrected chi connectivity index (χ2v) is 4.63. The fraction of sp³-hybridized carbons (Fsp3) is 0.133. The van der Waals surface area contributed by atoms with Crippen LogP contribution in [-0.4, -0.2) is 13.0 Å². The Kier molecular flexibility index (Phi) is 3.89. The molecule has 0 radical (unpaired) electrons. The minimum atomic E-state index is -0.522. The zero-order valence-electron chi connectivity index (χ0n) is 11.1. The molecule has 20 heavy (non-hydrogen) atoms. The number of amides is 1. The van der Waals surface area contributed by atoms with Gasteiger partial charge in [0.2, 0.25) is 0 Å². The summed E-state index contributed by atoms with van der Waals surface area (Å²) in [5, 5.41) is 0. The zero-order valence-corrected chi connectivity index (χ0v) is 11.1. The second kappa shape index (κ2) is 5.61. The highest BCUT2D eigenvalue weighted by atomic mass is 19.1. The summed E-state index contributed by atoms with van der Waals surface area (Å²) in [5.41, 5.74) is 13.4. The fourth-order valence-electron chi connectivity index (χ4n) is 2.07.